The van der Waals surface area contributed by atoms with Gasteiger partial charge in [0.2, 0.25) is 10.0 Å². The Hall–Kier alpha value is -2.18. The first-order chi connectivity index (χ1) is 13.8. The van der Waals surface area contributed by atoms with Gasteiger partial charge >= 0.3 is 0 Å². The van der Waals surface area contributed by atoms with Gasteiger partial charge in [0, 0.05) is 24.7 Å². The molecule has 0 unspecified atom stereocenters. The maximum atomic E-state index is 12.7. The third-order valence-electron chi connectivity index (χ3n) is 5.83. The molecule has 1 amide bonds. The van der Waals surface area contributed by atoms with Crippen LogP contribution in [0.15, 0.2) is 59.5 Å². The van der Waals surface area contributed by atoms with Crippen LogP contribution in [0.2, 0.25) is 0 Å². The molecule has 2 aromatic carbocycles. The molecule has 29 heavy (non-hydrogen) atoms. The second-order valence-electron chi connectivity index (χ2n) is 8.08. The zero-order chi connectivity index (χ0) is 21.0. The number of rotatable bonds is 6. The zero-order valence-electron chi connectivity index (χ0n) is 17.3. The molecule has 0 aromatic heterocycles. The lowest BCUT2D eigenvalue weighted by molar-refractivity contribution is 0.0925. The maximum Gasteiger partial charge on any atom is 0.251 e. The van der Waals surface area contributed by atoms with Crippen LogP contribution in [-0.4, -0.2) is 37.8 Å². The van der Waals surface area contributed by atoms with Crippen molar-refractivity contribution in [1.29, 1.82) is 0 Å². The summed E-state index contributed by atoms with van der Waals surface area (Å²) in [5.74, 6) is 0.335. The van der Waals surface area contributed by atoms with E-state index in [0.29, 0.717) is 11.5 Å². The van der Waals surface area contributed by atoms with Gasteiger partial charge < -0.3 is 5.32 Å². The molecule has 156 valence electrons. The standard InChI is InChI=1S/C23H30N2O3S/c1-17(2)25(3)29(27,28)22-11-7-10-20(16-22)23(26)24-21-14-12-19(13-15-21)18-8-5-4-6-9-18/h4-11,16-17,19,21H,12-15H2,1-3H3,(H,24,26). The minimum absolute atomic E-state index is 0.126. The molecule has 5 nitrogen and oxygen atoms in total. The van der Waals surface area contributed by atoms with Crippen LogP contribution in [0.1, 0.15) is 61.4 Å². The van der Waals surface area contributed by atoms with Gasteiger partial charge in [0.05, 0.1) is 4.90 Å². The van der Waals surface area contributed by atoms with Gasteiger partial charge in [0.1, 0.15) is 0 Å². The zero-order valence-corrected chi connectivity index (χ0v) is 18.2. The van der Waals surface area contributed by atoms with Crippen molar-refractivity contribution in [1.82, 2.24) is 9.62 Å². The molecule has 1 saturated carbocycles. The number of hydrogen-bond acceptors (Lipinski definition) is 3. The second-order valence-corrected chi connectivity index (χ2v) is 10.1. The van der Waals surface area contributed by atoms with Crippen molar-refractivity contribution < 1.29 is 13.2 Å². The van der Waals surface area contributed by atoms with Gasteiger partial charge in [-0.25, -0.2) is 8.42 Å². The Morgan fingerprint density at radius 1 is 1.00 bits per heavy atom. The summed E-state index contributed by atoms with van der Waals surface area (Å²) >= 11 is 0. The molecule has 1 N–H and O–H groups in total. The number of nitrogens with one attached hydrogen (secondary N) is 1. The largest absolute Gasteiger partial charge is 0.349 e. The summed E-state index contributed by atoms with van der Waals surface area (Å²) in [6, 6.07) is 16.8. The van der Waals surface area contributed by atoms with Crippen molar-refractivity contribution in [3.8, 4) is 0 Å². The number of nitrogens with zero attached hydrogens (tertiary/aromatic N) is 1. The summed E-state index contributed by atoms with van der Waals surface area (Å²) in [5, 5.41) is 3.09. The first-order valence-electron chi connectivity index (χ1n) is 10.2. The van der Waals surface area contributed by atoms with Crippen molar-refractivity contribution in [2.45, 2.75) is 62.4 Å². The minimum atomic E-state index is -3.61. The highest BCUT2D eigenvalue weighted by atomic mass is 32.2. The number of sulfonamides is 1. The third kappa shape index (κ3) is 5.06. The van der Waals surface area contributed by atoms with Crippen LogP contribution in [-0.2, 0) is 10.0 Å². The normalized spacial score (nSPS) is 20.0. The summed E-state index contributed by atoms with van der Waals surface area (Å²) in [5.41, 5.74) is 1.75. The Labute approximate surface area is 174 Å². The fourth-order valence-electron chi connectivity index (χ4n) is 3.81. The van der Waals surface area contributed by atoms with E-state index in [4.69, 9.17) is 0 Å². The SMILES string of the molecule is CC(C)N(C)S(=O)(=O)c1cccc(C(=O)NC2CCC(c3ccccc3)CC2)c1. The van der Waals surface area contributed by atoms with Gasteiger partial charge in [-0.05, 0) is 69.2 Å². The van der Waals surface area contributed by atoms with Gasteiger partial charge in [0.15, 0.2) is 0 Å². The van der Waals surface area contributed by atoms with E-state index in [9.17, 15) is 13.2 Å². The van der Waals surface area contributed by atoms with E-state index in [1.807, 2.05) is 19.9 Å². The number of hydrogen-bond donors (Lipinski definition) is 1. The summed E-state index contributed by atoms with van der Waals surface area (Å²) in [6.45, 7) is 3.64. The van der Waals surface area contributed by atoms with E-state index in [1.165, 1.54) is 22.0 Å². The van der Waals surface area contributed by atoms with Crippen LogP contribution in [0.5, 0.6) is 0 Å². The summed E-state index contributed by atoms with van der Waals surface area (Å²) in [4.78, 5) is 12.9. The number of carbonyl (C=O) groups excluding carboxylic acids is 1. The van der Waals surface area contributed by atoms with E-state index < -0.39 is 10.0 Å². The monoisotopic (exact) mass is 414 g/mol. The Morgan fingerprint density at radius 3 is 2.28 bits per heavy atom. The Morgan fingerprint density at radius 2 is 1.66 bits per heavy atom. The maximum absolute atomic E-state index is 12.7. The molecule has 1 aliphatic carbocycles. The molecule has 0 spiro atoms. The van der Waals surface area contributed by atoms with Crippen LogP contribution in [0.3, 0.4) is 0 Å². The fraction of sp³-hybridized carbons (Fsp3) is 0.435. The first kappa shape index (κ1) is 21.5. The van der Waals surface area contributed by atoms with E-state index in [2.05, 4.69) is 29.6 Å². The van der Waals surface area contributed by atoms with Gasteiger partial charge in [-0.15, -0.1) is 0 Å². The second kappa shape index (κ2) is 9.09. The molecule has 1 aliphatic rings. The molecular weight excluding hydrogens is 384 g/mol. The van der Waals surface area contributed by atoms with Gasteiger partial charge in [0.25, 0.3) is 5.91 Å². The minimum Gasteiger partial charge on any atom is -0.349 e. The summed E-state index contributed by atoms with van der Waals surface area (Å²) in [7, 11) is -2.06. The van der Waals surface area contributed by atoms with Gasteiger partial charge in [-0.2, -0.15) is 4.31 Å². The molecule has 0 heterocycles. The molecule has 0 atom stereocenters. The van der Waals surface area contributed by atoms with E-state index in [0.717, 1.165) is 25.7 Å². The molecule has 6 heteroatoms. The molecule has 0 radical (unpaired) electrons. The highest BCUT2D eigenvalue weighted by Gasteiger charge is 2.26. The summed E-state index contributed by atoms with van der Waals surface area (Å²) in [6.07, 6.45) is 3.95. The number of amides is 1. The predicted octanol–water partition coefficient (Wildman–Crippen LogP) is 4.17. The van der Waals surface area contributed by atoms with E-state index in [-0.39, 0.29) is 22.9 Å². The molecular formula is C23H30N2O3S. The average molecular weight is 415 g/mol. The molecule has 0 aliphatic heterocycles. The Kier molecular flexibility index (Phi) is 6.75. The van der Waals surface area contributed by atoms with Crippen molar-refractivity contribution in [2.75, 3.05) is 7.05 Å². The molecule has 3 rings (SSSR count). The summed E-state index contributed by atoms with van der Waals surface area (Å²) < 4.78 is 26.7. The highest BCUT2D eigenvalue weighted by Crippen LogP contribution is 2.32. The quantitative estimate of drug-likeness (QED) is 0.771. The Bertz CT molecular complexity index is 934. The predicted molar refractivity (Wildman–Crippen MR) is 115 cm³/mol. The van der Waals surface area contributed by atoms with Crippen molar-refractivity contribution >= 4 is 15.9 Å². The van der Waals surface area contributed by atoms with E-state index >= 15 is 0 Å². The smallest absolute Gasteiger partial charge is 0.251 e. The molecule has 0 saturated heterocycles. The van der Waals surface area contributed by atoms with Gasteiger partial charge in [-0.1, -0.05) is 36.4 Å². The van der Waals surface area contributed by atoms with Gasteiger partial charge in [-0.3, -0.25) is 4.79 Å². The average Bonchev–Trinajstić information content (AvgIpc) is 2.74. The van der Waals surface area contributed by atoms with Crippen LogP contribution in [0.4, 0.5) is 0 Å². The van der Waals surface area contributed by atoms with Crippen molar-refractivity contribution in [3.63, 3.8) is 0 Å². The number of carbonyl (C=O) groups is 1. The fourth-order valence-corrected chi connectivity index (χ4v) is 5.22. The first-order valence-corrected chi connectivity index (χ1v) is 11.7. The lowest BCUT2D eigenvalue weighted by Gasteiger charge is -2.29. The topological polar surface area (TPSA) is 66.5 Å². The lowest BCUT2D eigenvalue weighted by atomic mass is 9.82. The number of benzene rings is 2. The van der Waals surface area contributed by atoms with Crippen LogP contribution in [0.25, 0.3) is 0 Å². The lowest BCUT2D eigenvalue weighted by Crippen LogP contribution is -2.37. The van der Waals surface area contributed by atoms with Crippen LogP contribution in [0, 0.1) is 0 Å². The molecule has 0 bridgehead atoms. The van der Waals surface area contributed by atoms with Crippen molar-refractivity contribution in [3.05, 3.63) is 65.7 Å². The van der Waals surface area contributed by atoms with Crippen LogP contribution < -0.4 is 5.32 Å². The third-order valence-corrected chi connectivity index (χ3v) is 7.86. The van der Waals surface area contributed by atoms with E-state index in [1.54, 1.807) is 19.2 Å². The molecule has 1 fully saturated rings. The molecule has 2 aromatic rings. The Balaban J connectivity index is 1.63. The van der Waals surface area contributed by atoms with Crippen molar-refractivity contribution in [2.24, 2.45) is 0 Å². The van der Waals surface area contributed by atoms with Crippen LogP contribution >= 0.6 is 0 Å². The highest BCUT2D eigenvalue weighted by molar-refractivity contribution is 7.89.